The fraction of sp³-hybridized carbons (Fsp3) is 0. The molecule has 0 saturated carbocycles. The van der Waals surface area contributed by atoms with Gasteiger partial charge in [-0.05, 0) is 0 Å². The van der Waals surface area contributed by atoms with Crippen LogP contribution in [0.3, 0.4) is 0 Å². The van der Waals surface area contributed by atoms with Gasteiger partial charge in [-0.1, -0.05) is 83.9 Å². The Morgan fingerprint density at radius 3 is 1.29 bits per heavy atom. The summed E-state index contributed by atoms with van der Waals surface area (Å²) < 4.78 is 0. The smallest absolute Gasteiger partial charge is 0.272 e. The largest absolute Gasteiger partial charge is 2.00 e. The van der Waals surface area contributed by atoms with Crippen LogP contribution >= 0.6 is 0 Å². The molecule has 2 aromatic heterocycles. The van der Waals surface area contributed by atoms with Crippen molar-refractivity contribution in [1.29, 1.82) is 0 Å². The molecule has 3 heteroatoms. The average Bonchev–Trinajstić information content (AvgIpc) is 3.45. The first kappa shape index (κ1) is 21.1. The third kappa shape index (κ3) is 4.48. The zero-order valence-corrected chi connectivity index (χ0v) is 19.4. The summed E-state index contributed by atoms with van der Waals surface area (Å²) in [7, 11) is 0. The van der Waals surface area contributed by atoms with Gasteiger partial charge in [0.25, 0.3) is 0 Å². The molecule has 4 aromatic carbocycles. The van der Waals surface area contributed by atoms with Crippen molar-refractivity contribution >= 4 is 21.5 Å². The van der Waals surface area contributed by atoms with Crippen molar-refractivity contribution in [3.05, 3.63) is 122 Å². The van der Waals surface area contributed by atoms with Crippen molar-refractivity contribution in [3.8, 4) is 22.5 Å². The van der Waals surface area contributed by atoms with Crippen LogP contribution in [0.25, 0.3) is 44.1 Å². The minimum absolute atomic E-state index is 0. The maximum absolute atomic E-state index is 4.37. The summed E-state index contributed by atoms with van der Waals surface area (Å²) in [5.41, 5.74) is 4.51. The van der Waals surface area contributed by atoms with Gasteiger partial charge >= 0.3 is 26.2 Å². The van der Waals surface area contributed by atoms with E-state index < -0.39 is 0 Å². The molecule has 0 aliphatic carbocycles. The molecule has 0 saturated heterocycles. The van der Waals surface area contributed by atoms with Gasteiger partial charge in [-0.2, -0.15) is 0 Å². The van der Waals surface area contributed by atoms with Crippen LogP contribution in [0, 0.1) is 0 Å². The van der Waals surface area contributed by atoms with E-state index in [1.54, 1.807) is 0 Å². The third-order valence-corrected chi connectivity index (χ3v) is 5.24. The molecule has 31 heavy (non-hydrogen) atoms. The monoisotopic (exact) mass is 474 g/mol. The summed E-state index contributed by atoms with van der Waals surface area (Å²) in [6.45, 7) is 0. The van der Waals surface area contributed by atoms with E-state index in [0.29, 0.717) is 0 Å². The van der Waals surface area contributed by atoms with Crippen molar-refractivity contribution < 1.29 is 26.2 Å². The Kier molecular flexibility index (Phi) is 6.64. The van der Waals surface area contributed by atoms with Crippen molar-refractivity contribution in [1.82, 2.24) is 9.97 Å². The quantitative estimate of drug-likeness (QED) is 0.247. The Morgan fingerprint density at radius 2 is 0.871 bits per heavy atom. The van der Waals surface area contributed by atoms with Gasteiger partial charge in [0, 0.05) is 23.8 Å². The van der Waals surface area contributed by atoms with E-state index in [2.05, 4.69) is 82.8 Å². The number of pyridine rings is 2. The molecule has 0 amide bonds. The van der Waals surface area contributed by atoms with Gasteiger partial charge in [-0.25, -0.2) is 0 Å². The summed E-state index contributed by atoms with van der Waals surface area (Å²) in [6, 6.07) is 37.3. The molecule has 0 unspecified atom stereocenters. The summed E-state index contributed by atoms with van der Waals surface area (Å²) >= 11 is 0. The van der Waals surface area contributed by atoms with E-state index in [9.17, 15) is 0 Å². The van der Waals surface area contributed by atoms with E-state index in [-0.39, 0.29) is 26.2 Å². The fourth-order valence-electron chi connectivity index (χ4n) is 3.79. The first-order valence-electron chi connectivity index (χ1n) is 10.0. The molecular weight excluding hydrogens is 456 g/mol. The Labute approximate surface area is 201 Å². The number of fused-ring (bicyclic) bond motifs is 2. The van der Waals surface area contributed by atoms with Gasteiger partial charge in [0.2, 0.25) is 0 Å². The first-order valence-corrected chi connectivity index (χ1v) is 10.0. The fourth-order valence-corrected chi connectivity index (χ4v) is 3.79. The summed E-state index contributed by atoms with van der Waals surface area (Å²) in [6.07, 6.45) is 3.66. The average molecular weight is 476 g/mol. The van der Waals surface area contributed by atoms with Crippen LogP contribution in [0.15, 0.2) is 122 Å². The maximum atomic E-state index is 4.37. The topological polar surface area (TPSA) is 25.8 Å². The van der Waals surface area contributed by atoms with Crippen LogP contribution in [0.1, 0.15) is 0 Å². The Hall–Kier alpha value is -3.16. The van der Waals surface area contributed by atoms with Crippen molar-refractivity contribution in [3.63, 3.8) is 0 Å². The number of hydrogen-bond donors (Lipinski definition) is 0. The summed E-state index contributed by atoms with van der Waals surface area (Å²) in [5, 5.41) is 5.10. The zero-order chi connectivity index (χ0) is 20.2. The number of benzene rings is 2. The molecule has 2 heterocycles. The third-order valence-electron chi connectivity index (χ3n) is 5.24. The predicted molar refractivity (Wildman–Crippen MR) is 126 cm³/mol. The molecule has 0 spiro atoms. The van der Waals surface area contributed by atoms with Crippen LogP contribution in [-0.2, 0) is 26.2 Å². The molecule has 0 bridgehead atoms. The van der Waals surface area contributed by atoms with Crippen LogP contribution in [0.2, 0.25) is 0 Å². The Bertz CT molecular complexity index is 1270. The van der Waals surface area contributed by atoms with Crippen LogP contribution in [-0.4, -0.2) is 9.97 Å². The second-order valence-corrected chi connectivity index (χ2v) is 7.10. The normalized spacial score (nSPS) is 10.3. The number of nitrogens with zero attached hydrogens (tertiary/aromatic N) is 2. The van der Waals surface area contributed by atoms with Gasteiger partial charge in [-0.3, -0.25) is 9.97 Å². The zero-order valence-electron chi connectivity index (χ0n) is 16.9. The molecule has 6 rings (SSSR count). The van der Waals surface area contributed by atoms with Gasteiger partial charge in [-0.15, -0.1) is 57.9 Å². The SMILES string of the molecule is [Zr+2].c1ccc(-[c-]2ccc3ccccc32)nc1.c1ccc(-[c-]2ccc3ccccc32)nc1. The summed E-state index contributed by atoms with van der Waals surface area (Å²) in [4.78, 5) is 8.74. The molecule has 0 aliphatic heterocycles. The second-order valence-electron chi connectivity index (χ2n) is 7.10. The Balaban J connectivity index is 0.000000144. The van der Waals surface area contributed by atoms with Crippen LogP contribution in [0.4, 0.5) is 0 Å². The standard InChI is InChI=1S/2C14H10N.Zr/c2*1-2-6-12-11(5-1)8-9-13(12)14-7-3-4-10-15-14;/h2*1-10H;/q2*-1;+2. The van der Waals surface area contributed by atoms with Crippen LogP contribution in [0.5, 0.6) is 0 Å². The van der Waals surface area contributed by atoms with E-state index in [4.69, 9.17) is 0 Å². The number of aromatic nitrogens is 2. The van der Waals surface area contributed by atoms with E-state index in [1.807, 2.05) is 48.8 Å². The number of rotatable bonds is 2. The van der Waals surface area contributed by atoms with Gasteiger partial charge < -0.3 is 0 Å². The molecule has 0 N–H and O–H groups in total. The molecule has 0 atom stereocenters. The van der Waals surface area contributed by atoms with E-state index in [0.717, 1.165) is 11.4 Å². The molecule has 0 fully saturated rings. The minimum Gasteiger partial charge on any atom is -0.272 e. The predicted octanol–water partition coefficient (Wildman–Crippen LogP) is 7.24. The first-order chi connectivity index (χ1) is 14.9. The van der Waals surface area contributed by atoms with Gasteiger partial charge in [0.15, 0.2) is 0 Å². The summed E-state index contributed by atoms with van der Waals surface area (Å²) in [5.74, 6) is 0. The molecule has 6 aromatic rings. The second kappa shape index (κ2) is 9.77. The van der Waals surface area contributed by atoms with Crippen LogP contribution < -0.4 is 0 Å². The van der Waals surface area contributed by atoms with Crippen molar-refractivity contribution in [2.24, 2.45) is 0 Å². The maximum Gasteiger partial charge on any atom is 2.00 e. The van der Waals surface area contributed by atoms with Crippen molar-refractivity contribution in [2.75, 3.05) is 0 Å². The molecule has 146 valence electrons. The van der Waals surface area contributed by atoms with Gasteiger partial charge in [0.1, 0.15) is 0 Å². The van der Waals surface area contributed by atoms with Crippen molar-refractivity contribution in [2.45, 2.75) is 0 Å². The van der Waals surface area contributed by atoms with E-state index >= 15 is 0 Å². The van der Waals surface area contributed by atoms with E-state index in [1.165, 1.54) is 32.7 Å². The van der Waals surface area contributed by atoms with Gasteiger partial charge in [0.05, 0.1) is 0 Å². The molecule has 0 aliphatic rings. The molecule has 2 nitrogen and oxygen atoms in total. The number of hydrogen-bond acceptors (Lipinski definition) is 2. The molecular formula is C28H20N2Zr. The Morgan fingerprint density at radius 1 is 0.452 bits per heavy atom. The minimum atomic E-state index is 0. The molecule has 0 radical (unpaired) electrons.